The summed E-state index contributed by atoms with van der Waals surface area (Å²) in [6.45, 7) is 4.44. The van der Waals surface area contributed by atoms with E-state index in [1.807, 2.05) is 30.3 Å². The van der Waals surface area contributed by atoms with Crippen LogP contribution in [0.4, 0.5) is 5.69 Å². The third kappa shape index (κ3) is 2.12. The van der Waals surface area contributed by atoms with Crippen molar-refractivity contribution in [3.05, 3.63) is 43.2 Å². The van der Waals surface area contributed by atoms with Crippen molar-refractivity contribution in [2.75, 3.05) is 11.4 Å². The van der Waals surface area contributed by atoms with Gasteiger partial charge in [0.15, 0.2) is 0 Å². The third-order valence-electron chi connectivity index (χ3n) is 3.24. The predicted molar refractivity (Wildman–Crippen MR) is 69.8 cm³/mol. The van der Waals surface area contributed by atoms with Crippen molar-refractivity contribution in [2.24, 2.45) is 5.92 Å². The van der Waals surface area contributed by atoms with Crippen molar-refractivity contribution >= 4 is 11.6 Å². The molecule has 6 nitrogen and oxygen atoms in total. The van der Waals surface area contributed by atoms with E-state index in [9.17, 15) is 4.79 Å². The van der Waals surface area contributed by atoms with Crippen LogP contribution in [-0.2, 0) is 4.79 Å². The molecule has 0 radical (unpaired) electrons. The molecule has 0 saturated carbocycles. The number of nitrogens with zero attached hydrogens (tertiary/aromatic N) is 5. The molecular weight excluding hydrogens is 242 g/mol. The topological polar surface area (TPSA) is 63.9 Å². The summed E-state index contributed by atoms with van der Waals surface area (Å²) in [6, 6.07) is 7.60. The SMILES string of the molecule is C=CC1CC(=O)N(c2cccc(-n3cnnn3)c2)C1. The number of amides is 1. The van der Waals surface area contributed by atoms with Gasteiger partial charge in [-0.2, -0.15) is 0 Å². The zero-order valence-electron chi connectivity index (χ0n) is 10.3. The van der Waals surface area contributed by atoms with E-state index < -0.39 is 0 Å². The van der Waals surface area contributed by atoms with Crippen LogP contribution in [0.15, 0.2) is 43.2 Å². The van der Waals surface area contributed by atoms with Crippen LogP contribution in [0.1, 0.15) is 6.42 Å². The minimum atomic E-state index is 0.124. The summed E-state index contributed by atoms with van der Waals surface area (Å²) in [6.07, 6.45) is 3.89. The second-order valence-electron chi connectivity index (χ2n) is 4.48. The summed E-state index contributed by atoms with van der Waals surface area (Å²) in [5.41, 5.74) is 1.69. The molecule has 0 bridgehead atoms. The fourth-order valence-electron chi connectivity index (χ4n) is 2.23. The van der Waals surface area contributed by atoms with Crippen molar-refractivity contribution in [1.29, 1.82) is 0 Å². The summed E-state index contributed by atoms with van der Waals surface area (Å²) >= 11 is 0. The highest BCUT2D eigenvalue weighted by atomic mass is 16.2. The Morgan fingerprint density at radius 1 is 1.37 bits per heavy atom. The number of carbonyl (C=O) groups is 1. The third-order valence-corrected chi connectivity index (χ3v) is 3.24. The average molecular weight is 255 g/mol. The Morgan fingerprint density at radius 3 is 2.89 bits per heavy atom. The van der Waals surface area contributed by atoms with E-state index in [1.54, 1.807) is 9.58 Å². The first kappa shape index (κ1) is 11.6. The molecule has 1 unspecified atom stereocenters. The van der Waals surface area contributed by atoms with E-state index in [4.69, 9.17) is 0 Å². The molecule has 2 aromatic rings. The maximum absolute atomic E-state index is 12.0. The van der Waals surface area contributed by atoms with Gasteiger partial charge < -0.3 is 4.90 Å². The molecule has 1 saturated heterocycles. The molecule has 0 spiro atoms. The van der Waals surface area contributed by atoms with Gasteiger partial charge >= 0.3 is 0 Å². The second kappa shape index (κ2) is 4.64. The quantitative estimate of drug-likeness (QED) is 0.773. The molecule has 0 N–H and O–H groups in total. The number of tetrazole rings is 1. The molecule has 1 aliphatic rings. The lowest BCUT2D eigenvalue weighted by Crippen LogP contribution is -2.24. The van der Waals surface area contributed by atoms with Crippen molar-refractivity contribution in [3.63, 3.8) is 0 Å². The lowest BCUT2D eigenvalue weighted by atomic mass is 10.1. The number of aromatic nitrogens is 4. The zero-order chi connectivity index (χ0) is 13.2. The summed E-state index contributed by atoms with van der Waals surface area (Å²) < 4.78 is 1.56. The molecule has 2 heterocycles. The van der Waals surface area contributed by atoms with Crippen molar-refractivity contribution in [3.8, 4) is 5.69 Å². The minimum Gasteiger partial charge on any atom is -0.312 e. The first-order valence-corrected chi connectivity index (χ1v) is 6.04. The fraction of sp³-hybridized carbons (Fsp3) is 0.231. The van der Waals surface area contributed by atoms with Gasteiger partial charge in [0.1, 0.15) is 6.33 Å². The lowest BCUT2D eigenvalue weighted by Gasteiger charge is -2.16. The van der Waals surface area contributed by atoms with Crippen LogP contribution in [0.3, 0.4) is 0 Å². The van der Waals surface area contributed by atoms with Gasteiger partial charge in [0, 0.05) is 24.6 Å². The van der Waals surface area contributed by atoms with Gasteiger partial charge in [-0.15, -0.1) is 11.7 Å². The van der Waals surface area contributed by atoms with Gasteiger partial charge in [0.05, 0.1) is 5.69 Å². The Hall–Kier alpha value is -2.50. The fourth-order valence-corrected chi connectivity index (χ4v) is 2.23. The Morgan fingerprint density at radius 2 is 2.21 bits per heavy atom. The van der Waals surface area contributed by atoms with E-state index in [1.165, 1.54) is 6.33 Å². The predicted octanol–water partition coefficient (Wildman–Crippen LogP) is 1.20. The molecule has 0 aliphatic carbocycles. The second-order valence-corrected chi connectivity index (χ2v) is 4.48. The maximum atomic E-state index is 12.0. The molecule has 1 atom stereocenters. The van der Waals surface area contributed by atoms with E-state index in [-0.39, 0.29) is 11.8 Å². The van der Waals surface area contributed by atoms with Crippen LogP contribution >= 0.6 is 0 Å². The van der Waals surface area contributed by atoms with Gasteiger partial charge in [-0.1, -0.05) is 12.1 Å². The first-order valence-electron chi connectivity index (χ1n) is 6.04. The van der Waals surface area contributed by atoms with Gasteiger partial charge in [0.2, 0.25) is 5.91 Å². The van der Waals surface area contributed by atoms with Crippen molar-refractivity contribution in [2.45, 2.75) is 6.42 Å². The van der Waals surface area contributed by atoms with Crippen LogP contribution in [0.5, 0.6) is 0 Å². The maximum Gasteiger partial charge on any atom is 0.227 e. The standard InChI is InChI=1S/C13H13N5O/c1-2-10-6-13(19)17(8-10)11-4-3-5-12(7-11)18-9-14-15-16-18/h2-5,7,9-10H,1,6,8H2. The lowest BCUT2D eigenvalue weighted by molar-refractivity contribution is -0.117. The number of carbonyl (C=O) groups excluding carboxylic acids is 1. The summed E-state index contributed by atoms with van der Waals surface area (Å²) in [4.78, 5) is 13.8. The summed E-state index contributed by atoms with van der Waals surface area (Å²) in [5, 5.41) is 11.0. The molecule has 1 fully saturated rings. The van der Waals surface area contributed by atoms with E-state index in [0.29, 0.717) is 13.0 Å². The smallest absolute Gasteiger partial charge is 0.227 e. The van der Waals surface area contributed by atoms with Gasteiger partial charge in [-0.3, -0.25) is 4.79 Å². The van der Waals surface area contributed by atoms with Gasteiger partial charge in [0.25, 0.3) is 0 Å². The normalized spacial score (nSPS) is 18.8. The highest BCUT2D eigenvalue weighted by Crippen LogP contribution is 2.26. The van der Waals surface area contributed by atoms with Crippen LogP contribution in [0, 0.1) is 5.92 Å². The number of rotatable bonds is 3. The largest absolute Gasteiger partial charge is 0.312 e. The average Bonchev–Trinajstić information content (AvgIpc) is 3.08. The van der Waals surface area contributed by atoms with Crippen molar-refractivity contribution in [1.82, 2.24) is 20.2 Å². The number of benzene rings is 1. The minimum absolute atomic E-state index is 0.124. The van der Waals surface area contributed by atoms with Crippen LogP contribution in [0.2, 0.25) is 0 Å². The molecule has 6 heteroatoms. The van der Waals surface area contributed by atoms with E-state index in [2.05, 4.69) is 22.1 Å². The number of anilines is 1. The molecule has 3 rings (SSSR count). The first-order chi connectivity index (χ1) is 9.28. The molecular formula is C13H13N5O. The van der Waals surface area contributed by atoms with Gasteiger partial charge in [-0.25, -0.2) is 4.68 Å². The number of hydrogen-bond acceptors (Lipinski definition) is 4. The zero-order valence-corrected chi connectivity index (χ0v) is 10.3. The Balaban J connectivity index is 1.92. The highest BCUT2D eigenvalue weighted by Gasteiger charge is 2.28. The van der Waals surface area contributed by atoms with Crippen molar-refractivity contribution < 1.29 is 4.79 Å². The van der Waals surface area contributed by atoms with Crippen LogP contribution < -0.4 is 4.90 Å². The Kier molecular flexibility index (Phi) is 2.83. The summed E-state index contributed by atoms with van der Waals surface area (Å²) in [7, 11) is 0. The van der Waals surface area contributed by atoms with E-state index >= 15 is 0 Å². The molecule has 1 aromatic heterocycles. The summed E-state index contributed by atoms with van der Waals surface area (Å²) in [5.74, 6) is 0.350. The highest BCUT2D eigenvalue weighted by molar-refractivity contribution is 5.96. The Bertz CT molecular complexity index is 607. The van der Waals surface area contributed by atoms with Crippen LogP contribution in [-0.4, -0.2) is 32.7 Å². The molecule has 19 heavy (non-hydrogen) atoms. The number of hydrogen-bond donors (Lipinski definition) is 0. The molecule has 1 amide bonds. The van der Waals surface area contributed by atoms with Gasteiger partial charge in [-0.05, 0) is 28.6 Å². The molecule has 1 aromatic carbocycles. The van der Waals surface area contributed by atoms with E-state index in [0.717, 1.165) is 11.4 Å². The molecule has 96 valence electrons. The monoisotopic (exact) mass is 255 g/mol. The Labute approximate surface area is 110 Å². The van der Waals surface area contributed by atoms with Crippen LogP contribution in [0.25, 0.3) is 5.69 Å². The molecule has 1 aliphatic heterocycles.